The van der Waals surface area contributed by atoms with Crippen LogP contribution < -0.4 is 4.74 Å². The second-order valence-electron chi connectivity index (χ2n) is 10.8. The van der Waals surface area contributed by atoms with Crippen LogP contribution in [0.1, 0.15) is 49.0 Å². The molecule has 0 spiro atoms. The zero-order valence-corrected chi connectivity index (χ0v) is 23.9. The predicted octanol–water partition coefficient (Wildman–Crippen LogP) is 5.98. The number of amides is 1. The van der Waals surface area contributed by atoms with Crippen LogP contribution in [-0.4, -0.2) is 68.3 Å². The van der Waals surface area contributed by atoms with Crippen LogP contribution in [0.2, 0.25) is 0 Å². The first-order valence-corrected chi connectivity index (χ1v) is 14.7. The lowest BCUT2D eigenvalue weighted by atomic mass is 9.55. The van der Waals surface area contributed by atoms with E-state index >= 15 is 0 Å². The molecule has 0 bridgehead atoms. The van der Waals surface area contributed by atoms with Gasteiger partial charge in [-0.2, -0.15) is 0 Å². The first-order valence-electron chi connectivity index (χ1n) is 13.0. The quantitative estimate of drug-likeness (QED) is 0.365. The molecule has 2 aromatic rings. The molecular weight excluding hydrogens is 536 g/mol. The number of nitrogens with zero attached hydrogens (tertiary/aromatic N) is 2. The van der Waals surface area contributed by atoms with Crippen LogP contribution in [0.4, 0.5) is 0 Å². The van der Waals surface area contributed by atoms with Crippen LogP contribution in [0.3, 0.4) is 0 Å². The average molecular weight is 574 g/mol. The highest BCUT2D eigenvalue weighted by Gasteiger charge is 2.59. The molecule has 5 nitrogen and oxygen atoms in total. The molecule has 3 atom stereocenters. The van der Waals surface area contributed by atoms with Crippen molar-refractivity contribution in [3.8, 4) is 5.75 Å². The maximum atomic E-state index is 13.2. The van der Waals surface area contributed by atoms with E-state index in [0.717, 1.165) is 59.8 Å². The topological polar surface area (TPSA) is 42.0 Å². The number of carbonyl (C=O) groups excluding carboxylic acids is 1. The van der Waals surface area contributed by atoms with Gasteiger partial charge in [0.2, 0.25) is 5.91 Å². The van der Waals surface area contributed by atoms with Crippen LogP contribution in [0, 0.1) is 5.92 Å². The molecule has 1 aromatic heterocycles. The number of likely N-dealkylation sites (N-methyl/N-ethyl adjacent to an activating group) is 1. The SMILES string of the molecule is COc1cccc([C@@]23CCN(CC4CC4)C[C@@]2(OC)CC[C@H](N(C)C(=O)/C=C/c2cc(Br)cs2)C3)c1. The monoisotopic (exact) mass is 572 g/mol. The van der Waals surface area contributed by atoms with Crippen molar-refractivity contribution in [2.45, 2.75) is 55.6 Å². The molecule has 2 heterocycles. The minimum atomic E-state index is -0.272. The number of thiophene rings is 1. The van der Waals surface area contributed by atoms with Crippen LogP contribution >= 0.6 is 27.3 Å². The van der Waals surface area contributed by atoms with Crippen LogP contribution in [0.15, 0.2) is 46.3 Å². The van der Waals surface area contributed by atoms with Crippen LogP contribution in [-0.2, 0) is 14.9 Å². The van der Waals surface area contributed by atoms with Gasteiger partial charge in [-0.3, -0.25) is 4.79 Å². The summed E-state index contributed by atoms with van der Waals surface area (Å²) in [4.78, 5) is 18.9. The third-order valence-electron chi connectivity index (χ3n) is 8.77. The van der Waals surface area contributed by atoms with Gasteiger partial charge in [0, 0.05) is 59.5 Å². The summed E-state index contributed by atoms with van der Waals surface area (Å²) in [7, 11) is 5.59. The van der Waals surface area contributed by atoms with Gasteiger partial charge in [-0.05, 0) is 96.8 Å². The average Bonchev–Trinajstić information content (AvgIpc) is 3.63. The Morgan fingerprint density at radius 2 is 2.08 bits per heavy atom. The number of halogens is 1. The highest BCUT2D eigenvalue weighted by Crippen LogP contribution is 2.54. The minimum Gasteiger partial charge on any atom is -0.497 e. The molecule has 1 aliphatic heterocycles. The van der Waals surface area contributed by atoms with Crippen molar-refractivity contribution < 1.29 is 14.3 Å². The summed E-state index contributed by atoms with van der Waals surface area (Å²) in [5, 5.41) is 2.03. The highest BCUT2D eigenvalue weighted by atomic mass is 79.9. The van der Waals surface area contributed by atoms with E-state index in [-0.39, 0.29) is 23.0 Å². The van der Waals surface area contributed by atoms with Crippen molar-refractivity contribution in [1.82, 2.24) is 9.80 Å². The Labute approximate surface area is 227 Å². The first kappa shape index (κ1) is 26.0. The second kappa shape index (κ2) is 10.6. The molecule has 1 saturated heterocycles. The fraction of sp³-hybridized carbons (Fsp3) is 0.552. The fourth-order valence-electron chi connectivity index (χ4n) is 6.51. The van der Waals surface area contributed by atoms with Crippen molar-refractivity contribution in [1.29, 1.82) is 0 Å². The van der Waals surface area contributed by atoms with Gasteiger partial charge < -0.3 is 19.3 Å². The first-order chi connectivity index (χ1) is 17.4. The van der Waals surface area contributed by atoms with Gasteiger partial charge in [0.25, 0.3) is 0 Å². The third kappa shape index (κ3) is 5.04. The van der Waals surface area contributed by atoms with Gasteiger partial charge in [0.15, 0.2) is 0 Å². The summed E-state index contributed by atoms with van der Waals surface area (Å²) in [5.74, 6) is 1.80. The van der Waals surface area contributed by atoms with Gasteiger partial charge in [-0.25, -0.2) is 0 Å². The van der Waals surface area contributed by atoms with Crippen molar-refractivity contribution in [3.05, 3.63) is 56.7 Å². The molecule has 36 heavy (non-hydrogen) atoms. The minimum absolute atomic E-state index is 0.0569. The summed E-state index contributed by atoms with van der Waals surface area (Å²) in [6.07, 6.45) is 10.2. The number of ether oxygens (including phenoxy) is 2. The van der Waals surface area contributed by atoms with Crippen LogP contribution in [0.25, 0.3) is 6.08 Å². The molecule has 1 amide bonds. The van der Waals surface area contributed by atoms with Gasteiger partial charge in [0.05, 0.1) is 12.7 Å². The number of fused-ring (bicyclic) bond motifs is 1. The highest BCUT2D eigenvalue weighted by molar-refractivity contribution is 9.10. The van der Waals surface area contributed by atoms with E-state index in [1.54, 1.807) is 24.5 Å². The number of carbonyl (C=O) groups is 1. The number of likely N-dealkylation sites (tertiary alicyclic amines) is 1. The second-order valence-corrected chi connectivity index (χ2v) is 12.6. The Morgan fingerprint density at radius 1 is 1.25 bits per heavy atom. The van der Waals surface area contributed by atoms with E-state index in [0.29, 0.717) is 0 Å². The van der Waals surface area contributed by atoms with Gasteiger partial charge in [-0.15, -0.1) is 11.3 Å². The Hall–Kier alpha value is -1.67. The Kier molecular flexibility index (Phi) is 7.64. The molecule has 0 N–H and O–H groups in total. The normalized spacial score (nSPS) is 28.7. The Bertz CT molecular complexity index is 1120. The smallest absolute Gasteiger partial charge is 0.246 e. The number of piperidine rings is 1. The Morgan fingerprint density at radius 3 is 2.78 bits per heavy atom. The van der Waals surface area contributed by atoms with E-state index in [1.807, 2.05) is 42.6 Å². The van der Waals surface area contributed by atoms with Crippen molar-refractivity contribution in [2.24, 2.45) is 5.92 Å². The Balaban J connectivity index is 1.43. The molecule has 0 unspecified atom stereocenters. The maximum absolute atomic E-state index is 13.2. The van der Waals surface area contributed by atoms with E-state index in [4.69, 9.17) is 9.47 Å². The van der Waals surface area contributed by atoms with Crippen molar-refractivity contribution in [3.63, 3.8) is 0 Å². The lowest BCUT2D eigenvalue weighted by Crippen LogP contribution is -2.68. The molecule has 3 fully saturated rings. The maximum Gasteiger partial charge on any atom is 0.246 e. The number of methoxy groups -OCH3 is 2. The van der Waals surface area contributed by atoms with E-state index in [9.17, 15) is 4.79 Å². The fourth-order valence-corrected chi connectivity index (χ4v) is 7.84. The zero-order chi connectivity index (χ0) is 25.3. The van der Waals surface area contributed by atoms with Crippen LogP contribution in [0.5, 0.6) is 5.75 Å². The molecule has 2 aliphatic carbocycles. The molecule has 7 heteroatoms. The number of benzene rings is 1. The van der Waals surface area contributed by atoms with E-state index in [2.05, 4.69) is 39.0 Å². The van der Waals surface area contributed by atoms with Crippen molar-refractivity contribution in [2.75, 3.05) is 40.9 Å². The molecule has 1 aromatic carbocycles. The van der Waals surface area contributed by atoms with Gasteiger partial charge in [-0.1, -0.05) is 12.1 Å². The lowest BCUT2D eigenvalue weighted by molar-refractivity contribution is -0.159. The zero-order valence-electron chi connectivity index (χ0n) is 21.5. The number of hydrogen-bond acceptors (Lipinski definition) is 5. The van der Waals surface area contributed by atoms with Crippen molar-refractivity contribution >= 4 is 39.2 Å². The third-order valence-corrected chi connectivity index (χ3v) is 10.4. The summed E-state index contributed by atoms with van der Waals surface area (Å²) in [6, 6.07) is 10.7. The van der Waals surface area contributed by atoms with Gasteiger partial charge in [0.1, 0.15) is 5.75 Å². The molecule has 2 saturated carbocycles. The largest absolute Gasteiger partial charge is 0.497 e. The number of rotatable bonds is 8. The molecule has 194 valence electrons. The summed E-state index contributed by atoms with van der Waals surface area (Å²) in [6.45, 7) is 3.20. The summed E-state index contributed by atoms with van der Waals surface area (Å²) < 4.78 is 13.2. The molecule has 5 rings (SSSR count). The molecular formula is C29H37BrN2O3S. The molecule has 0 radical (unpaired) electrons. The lowest BCUT2D eigenvalue weighted by Gasteiger charge is -2.60. The summed E-state index contributed by atoms with van der Waals surface area (Å²) >= 11 is 5.12. The standard InChI is InChI=1S/C29H37BrN2O3S/c1-31(27(33)10-9-26-16-23(30)19-36-26)24-11-12-29(35-3)20-32(18-21-7-8-21)14-13-28(29,17-24)22-5-4-6-25(15-22)34-2/h4-6,9-10,15-16,19,21,24H,7-8,11-14,17-18,20H2,1-3H3/b10-9+/t24-,28-,29-/m0/s1. The predicted molar refractivity (Wildman–Crippen MR) is 150 cm³/mol. The van der Waals surface area contributed by atoms with E-state index < -0.39 is 0 Å². The summed E-state index contributed by atoms with van der Waals surface area (Å²) in [5.41, 5.74) is 0.835. The number of hydrogen-bond donors (Lipinski definition) is 0. The molecule has 3 aliphatic rings. The van der Waals surface area contributed by atoms with E-state index in [1.165, 1.54) is 24.9 Å². The van der Waals surface area contributed by atoms with Gasteiger partial charge >= 0.3 is 0 Å².